The van der Waals surface area contributed by atoms with Gasteiger partial charge in [0.2, 0.25) is 0 Å². The van der Waals surface area contributed by atoms with Crippen LogP contribution in [0.15, 0.2) is 42.5 Å². The normalized spacial score (nSPS) is 10.6. The largest absolute Gasteiger partial charge is 0.497 e. The van der Waals surface area contributed by atoms with Crippen LogP contribution in [0.2, 0.25) is 0 Å². The number of carbonyl (C=O) groups is 1. The molecule has 0 amide bonds. The van der Waals surface area contributed by atoms with Crippen molar-refractivity contribution in [2.75, 3.05) is 27.4 Å². The Morgan fingerprint density at radius 2 is 1.62 bits per heavy atom. The van der Waals surface area contributed by atoms with Crippen molar-refractivity contribution in [3.8, 4) is 23.0 Å². The molecule has 0 spiro atoms. The average Bonchev–Trinajstić information content (AvgIpc) is 2.67. The van der Waals surface area contributed by atoms with Gasteiger partial charge in [0.05, 0.1) is 33.0 Å². The summed E-state index contributed by atoms with van der Waals surface area (Å²) in [5.74, 6) is 2.30. The van der Waals surface area contributed by atoms with Crippen molar-refractivity contribution in [2.45, 2.75) is 13.8 Å². The Bertz CT molecular complexity index is 780. The minimum absolute atomic E-state index is 0.156. The third kappa shape index (κ3) is 4.79. The van der Waals surface area contributed by atoms with Crippen LogP contribution >= 0.6 is 0 Å². The van der Waals surface area contributed by atoms with Crippen LogP contribution in [-0.4, -0.2) is 33.2 Å². The van der Waals surface area contributed by atoms with Crippen LogP contribution in [0.1, 0.15) is 29.8 Å². The smallest absolute Gasteiger partial charge is 0.189 e. The van der Waals surface area contributed by atoms with E-state index in [-0.39, 0.29) is 5.78 Å². The molecule has 0 aliphatic carbocycles. The fraction of sp³-hybridized carbons (Fsp3) is 0.286. The topological polar surface area (TPSA) is 54.0 Å². The molecule has 0 heterocycles. The first-order valence-corrected chi connectivity index (χ1v) is 8.47. The van der Waals surface area contributed by atoms with Gasteiger partial charge in [-0.1, -0.05) is 12.1 Å². The van der Waals surface area contributed by atoms with E-state index in [1.54, 1.807) is 31.4 Å². The first kappa shape index (κ1) is 19.4. The maximum Gasteiger partial charge on any atom is 0.189 e. The molecule has 26 heavy (non-hydrogen) atoms. The molecule has 5 heteroatoms. The van der Waals surface area contributed by atoms with Crippen molar-refractivity contribution in [2.24, 2.45) is 0 Å². The molecule has 138 valence electrons. The Hall–Kier alpha value is -2.95. The molecule has 0 aromatic heterocycles. The molecule has 0 atom stereocenters. The maximum absolute atomic E-state index is 12.5. The van der Waals surface area contributed by atoms with Crippen LogP contribution in [0.5, 0.6) is 23.0 Å². The summed E-state index contributed by atoms with van der Waals surface area (Å²) in [6.45, 7) is 4.93. The third-order valence-corrected chi connectivity index (χ3v) is 3.67. The second kappa shape index (κ2) is 9.51. The van der Waals surface area contributed by atoms with Gasteiger partial charge >= 0.3 is 0 Å². The minimum Gasteiger partial charge on any atom is -0.497 e. The molecule has 2 rings (SSSR count). The summed E-state index contributed by atoms with van der Waals surface area (Å²) in [7, 11) is 3.09. The lowest BCUT2D eigenvalue weighted by Crippen LogP contribution is -2.00. The standard InChI is InChI=1S/C21H24O5/c1-5-25-19-12-8-15(13-21(19)26-6-2)7-11-18(22)17-10-9-16(23-3)14-20(17)24-4/h7-14H,5-6H2,1-4H3. The van der Waals surface area contributed by atoms with Gasteiger partial charge < -0.3 is 18.9 Å². The van der Waals surface area contributed by atoms with E-state index in [2.05, 4.69) is 0 Å². The van der Waals surface area contributed by atoms with Crippen molar-refractivity contribution >= 4 is 11.9 Å². The van der Waals surface area contributed by atoms with Crippen molar-refractivity contribution in [3.05, 3.63) is 53.6 Å². The van der Waals surface area contributed by atoms with Gasteiger partial charge in [0, 0.05) is 6.07 Å². The number of carbonyl (C=O) groups excluding carboxylic acids is 1. The van der Waals surface area contributed by atoms with Crippen LogP contribution in [0.4, 0.5) is 0 Å². The molecule has 0 fully saturated rings. The number of ketones is 1. The number of benzene rings is 2. The molecule has 0 N–H and O–H groups in total. The fourth-order valence-corrected chi connectivity index (χ4v) is 2.44. The molecule has 0 aliphatic rings. The van der Waals surface area contributed by atoms with Crippen molar-refractivity contribution in [1.82, 2.24) is 0 Å². The quantitative estimate of drug-likeness (QED) is 0.492. The number of allylic oxidation sites excluding steroid dienone is 1. The Morgan fingerprint density at radius 1 is 0.885 bits per heavy atom. The average molecular weight is 356 g/mol. The molecule has 2 aromatic rings. The van der Waals surface area contributed by atoms with Crippen molar-refractivity contribution in [1.29, 1.82) is 0 Å². The van der Waals surface area contributed by atoms with Gasteiger partial charge in [0.15, 0.2) is 17.3 Å². The van der Waals surface area contributed by atoms with Gasteiger partial charge in [-0.3, -0.25) is 4.79 Å². The summed E-state index contributed by atoms with van der Waals surface area (Å²) in [5, 5.41) is 0. The molecule has 0 radical (unpaired) electrons. The second-order valence-electron chi connectivity index (χ2n) is 5.34. The van der Waals surface area contributed by atoms with E-state index in [0.717, 1.165) is 5.56 Å². The van der Waals surface area contributed by atoms with Gasteiger partial charge in [-0.2, -0.15) is 0 Å². The number of ether oxygens (including phenoxy) is 4. The highest BCUT2D eigenvalue weighted by molar-refractivity contribution is 6.08. The summed E-state index contributed by atoms with van der Waals surface area (Å²) in [5.41, 5.74) is 1.32. The van der Waals surface area contributed by atoms with Crippen LogP contribution in [0, 0.1) is 0 Å². The number of hydrogen-bond donors (Lipinski definition) is 0. The molecular weight excluding hydrogens is 332 g/mol. The lowest BCUT2D eigenvalue weighted by atomic mass is 10.1. The maximum atomic E-state index is 12.5. The van der Waals surface area contributed by atoms with E-state index >= 15 is 0 Å². The van der Waals surface area contributed by atoms with E-state index in [4.69, 9.17) is 18.9 Å². The minimum atomic E-state index is -0.156. The van der Waals surface area contributed by atoms with E-state index in [0.29, 0.717) is 41.8 Å². The van der Waals surface area contributed by atoms with E-state index in [1.807, 2.05) is 32.0 Å². The second-order valence-corrected chi connectivity index (χ2v) is 5.34. The zero-order valence-electron chi connectivity index (χ0n) is 15.6. The summed E-state index contributed by atoms with van der Waals surface area (Å²) in [6, 6.07) is 10.7. The lowest BCUT2D eigenvalue weighted by molar-refractivity contribution is 0.104. The number of methoxy groups -OCH3 is 2. The van der Waals surface area contributed by atoms with Gasteiger partial charge in [0.1, 0.15) is 11.5 Å². The molecule has 0 aliphatic heterocycles. The Labute approximate surface area is 154 Å². The summed E-state index contributed by atoms with van der Waals surface area (Å²) in [4.78, 5) is 12.5. The Kier molecular flexibility index (Phi) is 7.09. The highest BCUT2D eigenvalue weighted by Crippen LogP contribution is 2.29. The number of hydrogen-bond acceptors (Lipinski definition) is 5. The third-order valence-electron chi connectivity index (χ3n) is 3.67. The van der Waals surface area contributed by atoms with E-state index < -0.39 is 0 Å². The van der Waals surface area contributed by atoms with Crippen LogP contribution in [0.3, 0.4) is 0 Å². The summed E-state index contributed by atoms with van der Waals surface area (Å²) < 4.78 is 21.6. The summed E-state index contributed by atoms with van der Waals surface area (Å²) >= 11 is 0. The first-order valence-electron chi connectivity index (χ1n) is 8.47. The SMILES string of the molecule is CCOc1ccc(C=CC(=O)c2ccc(OC)cc2OC)cc1OCC. The zero-order valence-corrected chi connectivity index (χ0v) is 15.6. The Balaban J connectivity index is 2.23. The molecular formula is C21H24O5. The highest BCUT2D eigenvalue weighted by atomic mass is 16.5. The van der Waals surface area contributed by atoms with E-state index in [9.17, 15) is 4.79 Å². The van der Waals surface area contributed by atoms with E-state index in [1.165, 1.54) is 13.2 Å². The van der Waals surface area contributed by atoms with Crippen LogP contribution in [-0.2, 0) is 0 Å². The Morgan fingerprint density at radius 3 is 2.27 bits per heavy atom. The van der Waals surface area contributed by atoms with Gasteiger partial charge in [-0.25, -0.2) is 0 Å². The monoisotopic (exact) mass is 356 g/mol. The van der Waals surface area contributed by atoms with Crippen molar-refractivity contribution in [3.63, 3.8) is 0 Å². The highest BCUT2D eigenvalue weighted by Gasteiger charge is 2.11. The van der Waals surface area contributed by atoms with Crippen LogP contribution < -0.4 is 18.9 Å². The molecule has 0 bridgehead atoms. The molecule has 0 unspecified atom stereocenters. The first-order chi connectivity index (χ1) is 12.6. The predicted octanol–water partition coefficient (Wildman–Crippen LogP) is 4.40. The molecule has 5 nitrogen and oxygen atoms in total. The summed E-state index contributed by atoms with van der Waals surface area (Å²) in [6.07, 6.45) is 3.25. The molecule has 0 saturated carbocycles. The van der Waals surface area contributed by atoms with Crippen LogP contribution in [0.25, 0.3) is 6.08 Å². The van der Waals surface area contributed by atoms with Crippen molar-refractivity contribution < 1.29 is 23.7 Å². The lowest BCUT2D eigenvalue weighted by Gasteiger charge is -2.11. The molecule has 2 aromatic carbocycles. The van der Waals surface area contributed by atoms with Gasteiger partial charge in [-0.15, -0.1) is 0 Å². The van der Waals surface area contributed by atoms with Gasteiger partial charge in [0.25, 0.3) is 0 Å². The molecule has 0 saturated heterocycles. The fourth-order valence-electron chi connectivity index (χ4n) is 2.44. The van der Waals surface area contributed by atoms with Gasteiger partial charge in [-0.05, 0) is 49.8 Å². The predicted molar refractivity (Wildman–Crippen MR) is 102 cm³/mol. The number of rotatable bonds is 9. The zero-order chi connectivity index (χ0) is 18.9.